The molecule has 0 spiro atoms. The summed E-state index contributed by atoms with van der Waals surface area (Å²) in [6.07, 6.45) is 0. The molecule has 8 heteroatoms. The number of aromatic nitrogens is 2. The fourth-order valence-corrected chi connectivity index (χ4v) is 2.22. The highest BCUT2D eigenvalue weighted by Crippen LogP contribution is 2.31. The third-order valence-electron chi connectivity index (χ3n) is 2.23. The largest absolute Gasteiger partial charge is 0.383 e. The molecule has 0 aliphatic heterocycles. The molecule has 1 aromatic heterocycles. The van der Waals surface area contributed by atoms with Crippen LogP contribution in [0.5, 0.6) is 0 Å². The summed E-state index contributed by atoms with van der Waals surface area (Å²) in [5, 5.41) is 0.0794. The first-order valence-electron chi connectivity index (χ1n) is 5.25. The Kier molecular flexibility index (Phi) is 3.82. The normalized spacial score (nSPS) is 10.7. The number of anilines is 2. The van der Waals surface area contributed by atoms with E-state index in [4.69, 9.17) is 17.2 Å². The van der Waals surface area contributed by atoms with E-state index in [1.165, 1.54) is 18.2 Å². The standard InChI is InChI=1S/C11H11F2N5S/c12-6-1-5(4-14)2-7(13)10(6)19-11-17-8(15)3-9(16)18-11/h1-3H,4,14H2,(H4,15,16,17,18). The lowest BCUT2D eigenvalue weighted by Gasteiger charge is -2.07. The molecule has 0 bridgehead atoms. The zero-order valence-corrected chi connectivity index (χ0v) is 10.5. The van der Waals surface area contributed by atoms with Crippen LogP contribution < -0.4 is 17.2 Å². The van der Waals surface area contributed by atoms with Crippen LogP contribution in [0.2, 0.25) is 0 Å². The van der Waals surface area contributed by atoms with E-state index in [-0.39, 0.29) is 28.2 Å². The SMILES string of the molecule is NCc1cc(F)c(Sc2nc(N)cc(N)n2)c(F)c1. The lowest BCUT2D eigenvalue weighted by atomic mass is 10.2. The molecule has 0 amide bonds. The van der Waals surface area contributed by atoms with Gasteiger partial charge in [0, 0.05) is 12.6 Å². The first-order chi connectivity index (χ1) is 8.99. The van der Waals surface area contributed by atoms with Crippen molar-refractivity contribution >= 4 is 23.4 Å². The smallest absolute Gasteiger partial charge is 0.196 e. The molecule has 5 nitrogen and oxygen atoms in total. The molecular formula is C11H11F2N5S. The van der Waals surface area contributed by atoms with Gasteiger partial charge in [0.15, 0.2) is 5.16 Å². The average molecular weight is 283 g/mol. The maximum absolute atomic E-state index is 13.8. The maximum atomic E-state index is 13.8. The van der Waals surface area contributed by atoms with Crippen LogP contribution >= 0.6 is 11.8 Å². The van der Waals surface area contributed by atoms with E-state index in [9.17, 15) is 8.78 Å². The van der Waals surface area contributed by atoms with Crippen LogP contribution in [0, 0.1) is 11.6 Å². The third kappa shape index (κ3) is 3.09. The minimum absolute atomic E-state index is 0.0561. The van der Waals surface area contributed by atoms with Crippen LogP contribution in [0.4, 0.5) is 20.4 Å². The Bertz CT molecular complexity index is 577. The van der Waals surface area contributed by atoms with Gasteiger partial charge in [0.1, 0.15) is 23.3 Å². The molecule has 1 aromatic carbocycles. The van der Waals surface area contributed by atoms with Crippen LogP contribution in [0.3, 0.4) is 0 Å². The van der Waals surface area contributed by atoms with Gasteiger partial charge in [-0.25, -0.2) is 18.7 Å². The average Bonchev–Trinajstić information content (AvgIpc) is 2.32. The molecule has 0 radical (unpaired) electrons. The predicted octanol–water partition coefficient (Wildman–Crippen LogP) is 1.53. The number of nitrogen functional groups attached to an aromatic ring is 2. The predicted molar refractivity (Wildman–Crippen MR) is 69.2 cm³/mol. The Morgan fingerprint density at radius 3 is 2.00 bits per heavy atom. The Morgan fingerprint density at radius 1 is 1.00 bits per heavy atom. The highest BCUT2D eigenvalue weighted by atomic mass is 32.2. The van der Waals surface area contributed by atoms with E-state index >= 15 is 0 Å². The number of benzene rings is 1. The van der Waals surface area contributed by atoms with E-state index in [1.54, 1.807) is 0 Å². The van der Waals surface area contributed by atoms with Gasteiger partial charge in [-0.2, -0.15) is 0 Å². The summed E-state index contributed by atoms with van der Waals surface area (Å²) < 4.78 is 27.5. The van der Waals surface area contributed by atoms with Crippen LogP contribution in [0.1, 0.15) is 5.56 Å². The van der Waals surface area contributed by atoms with Crippen LogP contribution in [-0.4, -0.2) is 9.97 Å². The van der Waals surface area contributed by atoms with E-state index in [1.807, 2.05) is 0 Å². The summed E-state index contributed by atoms with van der Waals surface area (Å²) in [6.45, 7) is 0.0561. The minimum Gasteiger partial charge on any atom is -0.383 e. The van der Waals surface area contributed by atoms with Gasteiger partial charge in [0.05, 0.1) is 4.90 Å². The molecule has 2 aromatic rings. The van der Waals surface area contributed by atoms with Gasteiger partial charge < -0.3 is 17.2 Å². The number of hydrogen-bond acceptors (Lipinski definition) is 6. The Labute approximate surface area is 112 Å². The molecule has 0 saturated heterocycles. The van der Waals surface area contributed by atoms with Gasteiger partial charge in [-0.05, 0) is 29.5 Å². The highest BCUT2D eigenvalue weighted by Gasteiger charge is 2.14. The number of rotatable bonds is 3. The summed E-state index contributed by atoms with van der Waals surface area (Å²) >= 11 is 0.715. The summed E-state index contributed by atoms with van der Waals surface area (Å²) in [5.41, 5.74) is 16.7. The summed E-state index contributed by atoms with van der Waals surface area (Å²) in [5.74, 6) is -1.19. The second-order valence-electron chi connectivity index (χ2n) is 3.70. The third-order valence-corrected chi connectivity index (χ3v) is 3.19. The van der Waals surface area contributed by atoms with Crippen LogP contribution in [0.25, 0.3) is 0 Å². The van der Waals surface area contributed by atoms with Crippen molar-refractivity contribution in [3.8, 4) is 0 Å². The van der Waals surface area contributed by atoms with Crippen molar-refractivity contribution in [2.45, 2.75) is 16.6 Å². The van der Waals surface area contributed by atoms with Gasteiger partial charge in [-0.3, -0.25) is 0 Å². The van der Waals surface area contributed by atoms with Crippen molar-refractivity contribution in [2.75, 3.05) is 11.5 Å². The molecule has 0 aliphatic rings. The molecule has 0 aliphatic carbocycles. The summed E-state index contributed by atoms with van der Waals surface area (Å²) in [6, 6.07) is 3.69. The topological polar surface area (TPSA) is 104 Å². The highest BCUT2D eigenvalue weighted by molar-refractivity contribution is 7.99. The van der Waals surface area contributed by atoms with E-state index in [0.29, 0.717) is 17.3 Å². The van der Waals surface area contributed by atoms with Gasteiger partial charge in [0.25, 0.3) is 0 Å². The molecule has 0 saturated carbocycles. The molecule has 6 N–H and O–H groups in total. The monoisotopic (exact) mass is 283 g/mol. The number of halogens is 2. The second kappa shape index (κ2) is 5.37. The Balaban J connectivity index is 2.38. The fourth-order valence-electron chi connectivity index (χ4n) is 1.43. The molecule has 0 fully saturated rings. The van der Waals surface area contributed by atoms with E-state index in [2.05, 4.69) is 9.97 Å². The number of nitrogens with two attached hydrogens (primary N) is 3. The lowest BCUT2D eigenvalue weighted by Crippen LogP contribution is -2.01. The van der Waals surface area contributed by atoms with Crippen LogP contribution in [0.15, 0.2) is 28.3 Å². The molecule has 19 heavy (non-hydrogen) atoms. The van der Waals surface area contributed by atoms with Crippen molar-refractivity contribution in [1.82, 2.24) is 9.97 Å². The van der Waals surface area contributed by atoms with Crippen molar-refractivity contribution in [3.63, 3.8) is 0 Å². The number of nitrogens with zero attached hydrogens (tertiary/aromatic N) is 2. The molecule has 100 valence electrons. The number of hydrogen-bond donors (Lipinski definition) is 3. The van der Waals surface area contributed by atoms with Crippen molar-refractivity contribution in [1.29, 1.82) is 0 Å². The molecule has 0 atom stereocenters. The lowest BCUT2D eigenvalue weighted by molar-refractivity contribution is 0.537. The van der Waals surface area contributed by atoms with E-state index in [0.717, 1.165) is 0 Å². The van der Waals surface area contributed by atoms with Gasteiger partial charge >= 0.3 is 0 Å². The molecule has 2 rings (SSSR count). The maximum Gasteiger partial charge on any atom is 0.196 e. The zero-order chi connectivity index (χ0) is 14.0. The Morgan fingerprint density at radius 2 is 1.53 bits per heavy atom. The molecular weight excluding hydrogens is 272 g/mol. The molecule has 1 heterocycles. The molecule has 0 unspecified atom stereocenters. The van der Waals surface area contributed by atoms with Crippen molar-refractivity contribution < 1.29 is 8.78 Å². The first kappa shape index (κ1) is 13.5. The zero-order valence-electron chi connectivity index (χ0n) is 9.73. The fraction of sp³-hybridized carbons (Fsp3) is 0.0909. The first-order valence-corrected chi connectivity index (χ1v) is 6.07. The minimum atomic E-state index is -0.727. The summed E-state index contributed by atoms with van der Waals surface area (Å²) in [7, 11) is 0. The van der Waals surface area contributed by atoms with Crippen LogP contribution in [-0.2, 0) is 6.54 Å². The quantitative estimate of drug-likeness (QED) is 0.738. The second-order valence-corrected chi connectivity index (χ2v) is 4.67. The van der Waals surface area contributed by atoms with E-state index < -0.39 is 11.6 Å². The van der Waals surface area contributed by atoms with Crippen molar-refractivity contribution in [3.05, 3.63) is 35.4 Å². The van der Waals surface area contributed by atoms with Gasteiger partial charge in [-0.15, -0.1) is 0 Å². The van der Waals surface area contributed by atoms with Gasteiger partial charge in [-0.1, -0.05) is 0 Å². The Hall–Kier alpha value is -1.93. The summed E-state index contributed by atoms with van der Waals surface area (Å²) in [4.78, 5) is 7.47. The van der Waals surface area contributed by atoms with Crippen molar-refractivity contribution in [2.24, 2.45) is 5.73 Å². The van der Waals surface area contributed by atoms with Gasteiger partial charge in [0.2, 0.25) is 0 Å².